The minimum Gasteiger partial charge on any atom is -0.393 e. The molecule has 2 unspecified atom stereocenters. The zero-order valence-electron chi connectivity index (χ0n) is 11.3. The van der Waals surface area contributed by atoms with Crippen LogP contribution in [0.15, 0.2) is 0 Å². The molecule has 0 aliphatic heterocycles. The largest absolute Gasteiger partial charge is 0.393 e. The molecule has 16 heavy (non-hydrogen) atoms. The van der Waals surface area contributed by atoms with Crippen LogP contribution in [0.2, 0.25) is 0 Å². The van der Waals surface area contributed by atoms with Crippen LogP contribution in [-0.4, -0.2) is 35.7 Å². The molecule has 0 aromatic heterocycles. The van der Waals surface area contributed by atoms with E-state index in [1.807, 2.05) is 0 Å². The smallest absolute Gasteiger partial charge is 0.0555 e. The van der Waals surface area contributed by atoms with Crippen molar-refractivity contribution in [1.82, 2.24) is 4.90 Å². The lowest BCUT2D eigenvalue weighted by Crippen LogP contribution is -2.34. The highest BCUT2D eigenvalue weighted by atomic mass is 16.3. The number of aliphatic hydroxyl groups is 1. The van der Waals surface area contributed by atoms with Crippen LogP contribution in [0.4, 0.5) is 0 Å². The maximum absolute atomic E-state index is 9.56. The zero-order chi connectivity index (χ0) is 12.0. The van der Waals surface area contributed by atoms with E-state index in [2.05, 4.69) is 25.8 Å². The van der Waals surface area contributed by atoms with Gasteiger partial charge in [0.05, 0.1) is 6.10 Å². The van der Waals surface area contributed by atoms with Crippen LogP contribution in [0.1, 0.15) is 58.8 Å². The van der Waals surface area contributed by atoms with Crippen molar-refractivity contribution in [3.8, 4) is 0 Å². The van der Waals surface area contributed by atoms with E-state index in [-0.39, 0.29) is 6.10 Å². The van der Waals surface area contributed by atoms with Gasteiger partial charge in [-0.25, -0.2) is 0 Å². The third kappa shape index (κ3) is 4.42. The summed E-state index contributed by atoms with van der Waals surface area (Å²) >= 11 is 0. The van der Waals surface area contributed by atoms with Gasteiger partial charge in [-0.1, -0.05) is 26.7 Å². The van der Waals surface area contributed by atoms with Gasteiger partial charge in [-0.15, -0.1) is 0 Å². The summed E-state index contributed by atoms with van der Waals surface area (Å²) in [4.78, 5) is 2.49. The molecule has 1 fully saturated rings. The Morgan fingerprint density at radius 3 is 2.25 bits per heavy atom. The predicted molar refractivity (Wildman–Crippen MR) is 69.6 cm³/mol. The second kappa shape index (κ2) is 7.29. The molecule has 0 spiro atoms. The molecule has 2 heteroatoms. The summed E-state index contributed by atoms with van der Waals surface area (Å²) in [5, 5.41) is 9.56. The fourth-order valence-electron chi connectivity index (χ4n) is 3.03. The second-order valence-corrected chi connectivity index (χ2v) is 5.50. The SMILES string of the molecule is CCCC(CCC)CN(C)C1CCC(O)C1. The maximum atomic E-state index is 9.56. The van der Waals surface area contributed by atoms with Crippen LogP contribution in [0.25, 0.3) is 0 Å². The van der Waals surface area contributed by atoms with E-state index in [1.54, 1.807) is 0 Å². The second-order valence-electron chi connectivity index (χ2n) is 5.50. The van der Waals surface area contributed by atoms with E-state index in [9.17, 15) is 5.11 Å². The Labute approximate surface area is 101 Å². The molecule has 2 nitrogen and oxygen atoms in total. The lowest BCUT2D eigenvalue weighted by atomic mass is 9.97. The van der Waals surface area contributed by atoms with Crippen molar-refractivity contribution in [1.29, 1.82) is 0 Å². The van der Waals surface area contributed by atoms with Gasteiger partial charge in [0.2, 0.25) is 0 Å². The highest BCUT2D eigenvalue weighted by Gasteiger charge is 2.26. The Morgan fingerprint density at radius 2 is 1.81 bits per heavy atom. The van der Waals surface area contributed by atoms with E-state index in [1.165, 1.54) is 38.6 Å². The number of hydrogen-bond acceptors (Lipinski definition) is 2. The van der Waals surface area contributed by atoms with Crippen molar-refractivity contribution in [3.05, 3.63) is 0 Å². The van der Waals surface area contributed by atoms with E-state index >= 15 is 0 Å². The van der Waals surface area contributed by atoms with E-state index in [0.717, 1.165) is 18.8 Å². The minimum absolute atomic E-state index is 0.0387. The van der Waals surface area contributed by atoms with Crippen molar-refractivity contribution < 1.29 is 5.11 Å². The highest BCUT2D eigenvalue weighted by molar-refractivity contribution is 4.82. The molecule has 1 N–H and O–H groups in total. The van der Waals surface area contributed by atoms with Gasteiger partial charge in [0.25, 0.3) is 0 Å². The summed E-state index contributed by atoms with van der Waals surface area (Å²) in [6.07, 6.45) is 8.44. The Morgan fingerprint density at radius 1 is 1.19 bits per heavy atom. The first-order valence-electron chi connectivity index (χ1n) is 7.05. The molecule has 1 aliphatic carbocycles. The van der Waals surface area contributed by atoms with Gasteiger partial charge in [-0.05, 0) is 45.1 Å². The molecule has 0 radical (unpaired) electrons. The Bertz CT molecular complexity index is 178. The van der Waals surface area contributed by atoms with Crippen LogP contribution < -0.4 is 0 Å². The van der Waals surface area contributed by atoms with Crippen LogP contribution in [0.5, 0.6) is 0 Å². The molecule has 1 saturated carbocycles. The Kier molecular flexibility index (Phi) is 6.37. The van der Waals surface area contributed by atoms with Crippen LogP contribution in [-0.2, 0) is 0 Å². The third-order valence-corrected chi connectivity index (χ3v) is 3.94. The summed E-state index contributed by atoms with van der Waals surface area (Å²) in [5.41, 5.74) is 0. The summed E-state index contributed by atoms with van der Waals surface area (Å²) in [6.45, 7) is 5.78. The van der Waals surface area contributed by atoms with E-state index < -0.39 is 0 Å². The molecule has 0 saturated heterocycles. The zero-order valence-corrected chi connectivity index (χ0v) is 11.3. The van der Waals surface area contributed by atoms with Gasteiger partial charge in [0.15, 0.2) is 0 Å². The van der Waals surface area contributed by atoms with Crippen molar-refractivity contribution in [2.75, 3.05) is 13.6 Å². The summed E-state index contributed by atoms with van der Waals surface area (Å²) < 4.78 is 0. The molecule has 96 valence electrons. The molecule has 0 bridgehead atoms. The van der Waals surface area contributed by atoms with Crippen LogP contribution in [0, 0.1) is 5.92 Å². The minimum atomic E-state index is -0.0387. The topological polar surface area (TPSA) is 23.5 Å². The summed E-state index contributed by atoms with van der Waals surface area (Å²) in [6, 6.07) is 0.631. The number of hydrogen-bond donors (Lipinski definition) is 1. The predicted octanol–water partition coefficient (Wildman–Crippen LogP) is 3.05. The molecule has 0 aromatic carbocycles. The normalized spacial score (nSPS) is 25.9. The van der Waals surface area contributed by atoms with Crippen LogP contribution >= 0.6 is 0 Å². The first kappa shape index (κ1) is 14.0. The number of aliphatic hydroxyl groups excluding tert-OH is 1. The molecule has 0 amide bonds. The lowest BCUT2D eigenvalue weighted by molar-refractivity contribution is 0.152. The van der Waals surface area contributed by atoms with E-state index in [0.29, 0.717) is 6.04 Å². The van der Waals surface area contributed by atoms with Crippen molar-refractivity contribution >= 4 is 0 Å². The average Bonchev–Trinajstić information content (AvgIpc) is 2.65. The first-order valence-corrected chi connectivity index (χ1v) is 7.05. The van der Waals surface area contributed by atoms with Gasteiger partial charge < -0.3 is 10.0 Å². The van der Waals surface area contributed by atoms with Gasteiger partial charge in [0.1, 0.15) is 0 Å². The molecule has 1 rings (SSSR count). The molecular weight excluding hydrogens is 198 g/mol. The monoisotopic (exact) mass is 227 g/mol. The maximum Gasteiger partial charge on any atom is 0.0555 e. The van der Waals surface area contributed by atoms with Crippen molar-refractivity contribution in [2.24, 2.45) is 5.92 Å². The quantitative estimate of drug-likeness (QED) is 0.722. The van der Waals surface area contributed by atoms with Gasteiger partial charge >= 0.3 is 0 Å². The number of nitrogens with zero attached hydrogens (tertiary/aromatic N) is 1. The third-order valence-electron chi connectivity index (χ3n) is 3.94. The average molecular weight is 227 g/mol. The van der Waals surface area contributed by atoms with Crippen molar-refractivity contribution in [2.45, 2.75) is 70.9 Å². The van der Waals surface area contributed by atoms with Gasteiger partial charge in [-0.3, -0.25) is 0 Å². The highest BCUT2D eigenvalue weighted by Crippen LogP contribution is 2.25. The van der Waals surface area contributed by atoms with Crippen molar-refractivity contribution in [3.63, 3.8) is 0 Å². The standard InChI is InChI=1S/C14H29NO/c1-4-6-12(7-5-2)11-15(3)13-8-9-14(16)10-13/h12-14,16H,4-11H2,1-3H3. The van der Waals surface area contributed by atoms with Gasteiger partial charge in [-0.2, -0.15) is 0 Å². The molecule has 1 aliphatic rings. The van der Waals surface area contributed by atoms with Gasteiger partial charge in [0, 0.05) is 12.6 Å². The fourth-order valence-corrected chi connectivity index (χ4v) is 3.03. The molecule has 0 aromatic rings. The first-order chi connectivity index (χ1) is 7.67. The fraction of sp³-hybridized carbons (Fsp3) is 1.00. The summed E-state index contributed by atoms with van der Waals surface area (Å²) in [7, 11) is 2.24. The van der Waals surface area contributed by atoms with E-state index in [4.69, 9.17) is 0 Å². The summed E-state index contributed by atoms with van der Waals surface area (Å²) in [5.74, 6) is 0.859. The molecule has 0 heterocycles. The number of rotatable bonds is 7. The Balaban J connectivity index is 2.32. The van der Waals surface area contributed by atoms with Crippen LogP contribution in [0.3, 0.4) is 0 Å². The lowest BCUT2D eigenvalue weighted by Gasteiger charge is -2.28. The Hall–Kier alpha value is -0.0800. The molecule has 2 atom stereocenters. The molecular formula is C14H29NO.